The first-order valence-corrected chi connectivity index (χ1v) is 5.80. The third-order valence-corrected chi connectivity index (χ3v) is 3.21. The smallest absolute Gasteiger partial charge is 0.246 e. The fraction of sp³-hybridized carbons (Fsp3) is 0.333. The molecule has 5 heteroatoms. The van der Waals surface area contributed by atoms with Gasteiger partial charge in [-0.3, -0.25) is 14.5 Å². The normalized spacial score (nSPS) is 20.1. The highest BCUT2D eigenvalue weighted by Crippen LogP contribution is 2.17. The summed E-state index contributed by atoms with van der Waals surface area (Å²) in [4.78, 5) is 24.3. The number of imide groups is 1. The molecule has 1 atom stereocenters. The first kappa shape index (κ1) is 12.1. The molecule has 1 fully saturated rings. The number of likely N-dealkylation sites (tertiary alicyclic amines) is 1. The van der Waals surface area contributed by atoms with Crippen LogP contribution in [0.1, 0.15) is 12.0 Å². The van der Waals surface area contributed by atoms with Crippen LogP contribution >= 0.6 is 11.6 Å². The van der Waals surface area contributed by atoms with E-state index in [1.54, 1.807) is 6.07 Å². The lowest BCUT2D eigenvalue weighted by Gasteiger charge is -2.14. The average molecular weight is 253 g/mol. The SMILES string of the molecule is NC1CC(=O)N(CCc2ccccc2Cl)C1=O. The minimum Gasteiger partial charge on any atom is -0.319 e. The van der Waals surface area contributed by atoms with Crippen LogP contribution in [0.5, 0.6) is 0 Å². The van der Waals surface area contributed by atoms with Crippen molar-refractivity contribution in [2.45, 2.75) is 18.9 Å². The van der Waals surface area contributed by atoms with Crippen LogP contribution in [0, 0.1) is 0 Å². The van der Waals surface area contributed by atoms with E-state index >= 15 is 0 Å². The van der Waals surface area contributed by atoms with Crippen LogP contribution in [-0.2, 0) is 16.0 Å². The van der Waals surface area contributed by atoms with Crippen molar-refractivity contribution in [3.05, 3.63) is 34.9 Å². The summed E-state index contributed by atoms with van der Waals surface area (Å²) in [6.45, 7) is 0.342. The molecule has 1 aliphatic heterocycles. The lowest BCUT2D eigenvalue weighted by molar-refractivity contribution is -0.138. The van der Waals surface area contributed by atoms with Gasteiger partial charge in [0.2, 0.25) is 11.8 Å². The molecule has 1 aromatic carbocycles. The second-order valence-corrected chi connectivity index (χ2v) is 4.44. The molecule has 4 nitrogen and oxygen atoms in total. The maximum atomic E-state index is 11.6. The summed E-state index contributed by atoms with van der Waals surface area (Å²) in [6, 6.07) is 6.71. The molecule has 1 aliphatic rings. The quantitative estimate of drug-likeness (QED) is 0.816. The van der Waals surface area contributed by atoms with Crippen LogP contribution in [0.25, 0.3) is 0 Å². The maximum absolute atomic E-state index is 11.6. The van der Waals surface area contributed by atoms with E-state index in [0.29, 0.717) is 18.0 Å². The number of amides is 2. The van der Waals surface area contributed by atoms with E-state index in [4.69, 9.17) is 17.3 Å². The Kier molecular flexibility index (Phi) is 3.45. The number of hydrogen-bond donors (Lipinski definition) is 1. The van der Waals surface area contributed by atoms with E-state index in [2.05, 4.69) is 0 Å². The van der Waals surface area contributed by atoms with Gasteiger partial charge >= 0.3 is 0 Å². The highest BCUT2D eigenvalue weighted by Gasteiger charge is 2.35. The van der Waals surface area contributed by atoms with Crippen molar-refractivity contribution >= 4 is 23.4 Å². The highest BCUT2D eigenvalue weighted by molar-refractivity contribution is 6.31. The summed E-state index contributed by atoms with van der Waals surface area (Å²) in [5, 5.41) is 0.649. The number of nitrogens with two attached hydrogens (primary N) is 1. The molecule has 0 radical (unpaired) electrons. The number of halogens is 1. The Labute approximate surface area is 104 Å². The molecular formula is C12H13ClN2O2. The molecule has 2 rings (SSSR count). The summed E-state index contributed by atoms with van der Waals surface area (Å²) in [5.41, 5.74) is 6.45. The molecule has 17 heavy (non-hydrogen) atoms. The Morgan fingerprint density at radius 3 is 2.65 bits per heavy atom. The molecule has 0 saturated carbocycles. The lowest BCUT2D eigenvalue weighted by atomic mass is 10.1. The van der Waals surface area contributed by atoms with Gasteiger partial charge in [0.05, 0.1) is 12.5 Å². The molecular weight excluding hydrogens is 240 g/mol. The number of benzene rings is 1. The van der Waals surface area contributed by atoms with E-state index < -0.39 is 6.04 Å². The summed E-state index contributed by atoms with van der Waals surface area (Å²) in [6.07, 6.45) is 0.672. The lowest BCUT2D eigenvalue weighted by Crippen LogP contribution is -2.36. The molecule has 0 aliphatic carbocycles. The number of nitrogens with zero attached hydrogens (tertiary/aromatic N) is 1. The highest BCUT2D eigenvalue weighted by atomic mass is 35.5. The molecule has 0 spiro atoms. The Balaban J connectivity index is 2.02. The van der Waals surface area contributed by atoms with Gasteiger partial charge in [0.15, 0.2) is 0 Å². The van der Waals surface area contributed by atoms with Crippen molar-refractivity contribution in [3.63, 3.8) is 0 Å². The third kappa shape index (κ3) is 2.48. The van der Waals surface area contributed by atoms with Crippen LogP contribution < -0.4 is 5.73 Å². The van der Waals surface area contributed by atoms with Crippen molar-refractivity contribution in [2.75, 3.05) is 6.54 Å². The Morgan fingerprint density at radius 1 is 1.35 bits per heavy atom. The van der Waals surface area contributed by atoms with Crippen molar-refractivity contribution < 1.29 is 9.59 Å². The minimum atomic E-state index is -0.672. The Hall–Kier alpha value is -1.39. The van der Waals surface area contributed by atoms with Gasteiger partial charge in [-0.1, -0.05) is 29.8 Å². The van der Waals surface area contributed by atoms with Crippen LogP contribution in [0.3, 0.4) is 0 Å². The van der Waals surface area contributed by atoms with Gasteiger partial charge in [-0.25, -0.2) is 0 Å². The van der Waals surface area contributed by atoms with Crippen LogP contribution in [0.2, 0.25) is 5.02 Å². The second-order valence-electron chi connectivity index (χ2n) is 4.04. The molecule has 1 saturated heterocycles. The Morgan fingerprint density at radius 2 is 2.06 bits per heavy atom. The first-order chi connectivity index (χ1) is 8.09. The van der Waals surface area contributed by atoms with E-state index in [1.807, 2.05) is 18.2 Å². The predicted octanol–water partition coefficient (Wildman–Crippen LogP) is 0.969. The topological polar surface area (TPSA) is 63.4 Å². The van der Waals surface area contributed by atoms with Gasteiger partial charge in [0.25, 0.3) is 0 Å². The van der Waals surface area contributed by atoms with Gasteiger partial charge in [-0.05, 0) is 18.1 Å². The number of carbonyl (C=O) groups is 2. The van der Waals surface area contributed by atoms with E-state index in [0.717, 1.165) is 5.56 Å². The molecule has 0 bridgehead atoms. The maximum Gasteiger partial charge on any atom is 0.246 e. The van der Waals surface area contributed by atoms with Gasteiger partial charge < -0.3 is 5.73 Å². The van der Waals surface area contributed by atoms with Gasteiger partial charge in [-0.15, -0.1) is 0 Å². The molecule has 1 heterocycles. The zero-order valence-electron chi connectivity index (χ0n) is 9.23. The van der Waals surface area contributed by atoms with Gasteiger partial charge in [0.1, 0.15) is 0 Å². The predicted molar refractivity (Wildman–Crippen MR) is 64.5 cm³/mol. The van der Waals surface area contributed by atoms with Crippen LogP contribution in [0.4, 0.5) is 0 Å². The molecule has 1 aromatic rings. The Bertz CT molecular complexity index is 462. The number of carbonyl (C=O) groups excluding carboxylic acids is 2. The van der Waals surface area contributed by atoms with Crippen molar-refractivity contribution in [1.82, 2.24) is 4.90 Å². The third-order valence-electron chi connectivity index (χ3n) is 2.84. The van der Waals surface area contributed by atoms with Crippen LogP contribution in [-0.4, -0.2) is 29.3 Å². The van der Waals surface area contributed by atoms with Crippen LogP contribution in [0.15, 0.2) is 24.3 Å². The van der Waals surface area contributed by atoms with Gasteiger partial charge in [-0.2, -0.15) is 0 Å². The second kappa shape index (κ2) is 4.85. The monoisotopic (exact) mass is 252 g/mol. The van der Waals surface area contributed by atoms with Crippen molar-refractivity contribution in [1.29, 1.82) is 0 Å². The summed E-state index contributed by atoms with van der Waals surface area (Å²) in [5.74, 6) is -0.489. The summed E-state index contributed by atoms with van der Waals surface area (Å²) in [7, 11) is 0. The van der Waals surface area contributed by atoms with E-state index in [1.165, 1.54) is 4.90 Å². The fourth-order valence-electron chi connectivity index (χ4n) is 1.88. The summed E-state index contributed by atoms with van der Waals surface area (Å²) >= 11 is 6.00. The first-order valence-electron chi connectivity index (χ1n) is 5.43. The molecule has 0 aromatic heterocycles. The molecule has 2 amide bonds. The number of hydrogen-bond acceptors (Lipinski definition) is 3. The van der Waals surface area contributed by atoms with Crippen molar-refractivity contribution in [3.8, 4) is 0 Å². The summed E-state index contributed by atoms with van der Waals surface area (Å²) < 4.78 is 0. The zero-order chi connectivity index (χ0) is 12.4. The average Bonchev–Trinajstić information content (AvgIpc) is 2.53. The zero-order valence-corrected chi connectivity index (χ0v) is 9.98. The molecule has 1 unspecified atom stereocenters. The minimum absolute atomic E-state index is 0.112. The standard InChI is InChI=1S/C12H13ClN2O2/c13-9-4-2-1-3-8(9)5-6-15-11(16)7-10(14)12(15)17/h1-4,10H,5-7,14H2. The molecule has 90 valence electrons. The van der Waals surface area contributed by atoms with Crippen molar-refractivity contribution in [2.24, 2.45) is 5.73 Å². The van der Waals surface area contributed by atoms with Gasteiger partial charge in [0, 0.05) is 11.6 Å². The number of rotatable bonds is 3. The fourth-order valence-corrected chi connectivity index (χ4v) is 2.11. The van der Waals surface area contributed by atoms with E-state index in [-0.39, 0.29) is 18.2 Å². The van der Waals surface area contributed by atoms with E-state index in [9.17, 15) is 9.59 Å². The largest absolute Gasteiger partial charge is 0.319 e. The molecule has 2 N–H and O–H groups in total.